The first-order chi connectivity index (χ1) is 9.78. The lowest BCUT2D eigenvalue weighted by molar-refractivity contribution is 0.474. The van der Waals surface area contributed by atoms with Crippen molar-refractivity contribution in [3.8, 4) is 5.75 Å². The van der Waals surface area contributed by atoms with Crippen LogP contribution in [0.5, 0.6) is 5.75 Å². The van der Waals surface area contributed by atoms with Crippen molar-refractivity contribution in [2.75, 3.05) is 0 Å². The molecule has 4 heteroatoms. The van der Waals surface area contributed by atoms with Crippen LogP contribution in [0.4, 0.5) is 0 Å². The molecule has 0 saturated carbocycles. The Kier molecular flexibility index (Phi) is 5.44. The minimum absolute atomic E-state index is 0.00717. The van der Waals surface area contributed by atoms with Gasteiger partial charge in [-0.3, -0.25) is 0 Å². The number of hydrogen-bond acceptors (Lipinski definition) is 3. The standard InChI is InChI=1S/C18H29NOSSi/c1-13-10-14(17(2,3)4)16(15(11-13)18(5,6)7)20-22(8,9)19-12-21/h10-11H,1-9H3. The van der Waals surface area contributed by atoms with E-state index in [1.54, 1.807) is 0 Å². The maximum absolute atomic E-state index is 6.46. The molecule has 0 heterocycles. The highest BCUT2D eigenvalue weighted by Gasteiger charge is 2.32. The van der Waals surface area contributed by atoms with Gasteiger partial charge in [0, 0.05) is 0 Å². The summed E-state index contributed by atoms with van der Waals surface area (Å²) in [7, 11) is -2.27. The molecule has 0 bridgehead atoms. The molecule has 0 saturated heterocycles. The Morgan fingerprint density at radius 2 is 1.41 bits per heavy atom. The van der Waals surface area contributed by atoms with E-state index in [2.05, 4.69) is 70.4 Å². The molecular weight excluding hydrogens is 306 g/mol. The van der Waals surface area contributed by atoms with Gasteiger partial charge in [0.25, 0.3) is 0 Å². The van der Waals surface area contributed by atoms with Crippen molar-refractivity contribution >= 4 is 25.9 Å². The fraction of sp³-hybridized carbons (Fsp3) is 0.611. The molecule has 122 valence electrons. The summed E-state index contributed by atoms with van der Waals surface area (Å²) in [5.41, 5.74) is 3.75. The Labute approximate surface area is 142 Å². The quantitative estimate of drug-likeness (QED) is 0.397. The molecule has 1 rings (SSSR count). The van der Waals surface area contributed by atoms with Crippen LogP contribution in [0.3, 0.4) is 0 Å². The van der Waals surface area contributed by atoms with Crippen molar-refractivity contribution in [1.82, 2.24) is 0 Å². The molecule has 0 radical (unpaired) electrons. The highest BCUT2D eigenvalue weighted by molar-refractivity contribution is 7.78. The van der Waals surface area contributed by atoms with Gasteiger partial charge >= 0.3 is 8.48 Å². The van der Waals surface area contributed by atoms with Gasteiger partial charge in [-0.25, -0.2) is 4.66 Å². The van der Waals surface area contributed by atoms with E-state index in [1.165, 1.54) is 16.7 Å². The fourth-order valence-electron chi connectivity index (χ4n) is 2.38. The summed E-state index contributed by atoms with van der Waals surface area (Å²) in [6.45, 7) is 19.6. The first-order valence-electron chi connectivity index (χ1n) is 7.71. The molecule has 0 spiro atoms. The number of aryl methyl sites for hydroxylation is 1. The molecule has 0 aliphatic heterocycles. The van der Waals surface area contributed by atoms with Crippen molar-refractivity contribution in [2.24, 2.45) is 4.66 Å². The van der Waals surface area contributed by atoms with Crippen LogP contribution in [-0.2, 0) is 10.8 Å². The van der Waals surface area contributed by atoms with Gasteiger partial charge in [0.2, 0.25) is 0 Å². The van der Waals surface area contributed by atoms with Crippen LogP contribution in [0, 0.1) is 6.92 Å². The predicted molar refractivity (Wildman–Crippen MR) is 102 cm³/mol. The average Bonchev–Trinajstić information content (AvgIpc) is 2.27. The molecular formula is C18H29NOSSi. The highest BCUT2D eigenvalue weighted by atomic mass is 32.1. The van der Waals surface area contributed by atoms with Gasteiger partial charge in [-0.1, -0.05) is 59.2 Å². The van der Waals surface area contributed by atoms with E-state index in [9.17, 15) is 0 Å². The molecule has 1 aromatic rings. The molecule has 0 N–H and O–H groups in total. The summed E-state index contributed by atoms with van der Waals surface area (Å²) in [5.74, 6) is 0.983. The largest absolute Gasteiger partial charge is 0.523 e. The second-order valence-electron chi connectivity index (χ2n) is 8.44. The summed E-state index contributed by atoms with van der Waals surface area (Å²) in [6.07, 6.45) is 0. The minimum Gasteiger partial charge on any atom is -0.523 e. The maximum Gasteiger partial charge on any atom is 0.382 e. The zero-order chi connectivity index (χ0) is 17.3. The van der Waals surface area contributed by atoms with Gasteiger partial charge in [-0.05, 0) is 54.2 Å². The summed E-state index contributed by atoms with van der Waals surface area (Å²) in [5, 5.41) is 2.50. The zero-order valence-electron chi connectivity index (χ0n) is 15.4. The monoisotopic (exact) mass is 335 g/mol. The van der Waals surface area contributed by atoms with E-state index in [4.69, 9.17) is 16.6 Å². The molecule has 0 fully saturated rings. The van der Waals surface area contributed by atoms with Crippen molar-refractivity contribution < 1.29 is 4.43 Å². The number of nitrogens with zero attached hydrogens (tertiary/aromatic N) is 1. The Hall–Kier alpha value is -0.963. The highest BCUT2D eigenvalue weighted by Crippen LogP contribution is 2.41. The second kappa shape index (κ2) is 6.27. The maximum atomic E-state index is 6.46. The SMILES string of the molecule is Cc1cc(C(C)(C)C)c(O[Si](C)(C)N=C=S)c(C(C)(C)C)c1. The molecule has 0 atom stereocenters. The molecule has 0 aliphatic carbocycles. The fourth-order valence-corrected chi connectivity index (χ4v) is 4.02. The van der Waals surface area contributed by atoms with E-state index in [0.717, 1.165) is 5.75 Å². The lowest BCUT2D eigenvalue weighted by atomic mass is 9.78. The van der Waals surface area contributed by atoms with Crippen LogP contribution in [0.25, 0.3) is 0 Å². The van der Waals surface area contributed by atoms with Gasteiger partial charge in [0.1, 0.15) is 5.75 Å². The molecule has 0 unspecified atom stereocenters. The third kappa shape index (κ3) is 4.77. The molecule has 0 amide bonds. The van der Waals surface area contributed by atoms with Crippen molar-refractivity contribution in [2.45, 2.75) is 72.4 Å². The molecule has 0 aliphatic rings. The van der Waals surface area contributed by atoms with Crippen LogP contribution in [0.15, 0.2) is 16.8 Å². The van der Waals surface area contributed by atoms with Gasteiger partial charge in [0.15, 0.2) is 0 Å². The summed E-state index contributed by atoms with van der Waals surface area (Å²) in [4.78, 5) is 0. The van der Waals surface area contributed by atoms with Gasteiger partial charge < -0.3 is 4.43 Å². The first-order valence-corrected chi connectivity index (χ1v) is 11.0. The summed E-state index contributed by atoms with van der Waals surface area (Å²) < 4.78 is 10.8. The van der Waals surface area contributed by atoms with Crippen LogP contribution < -0.4 is 4.43 Å². The van der Waals surface area contributed by atoms with Crippen LogP contribution >= 0.6 is 12.2 Å². The van der Waals surface area contributed by atoms with Gasteiger partial charge in [-0.15, -0.1) is 0 Å². The molecule has 2 nitrogen and oxygen atoms in total. The van der Waals surface area contributed by atoms with E-state index in [-0.39, 0.29) is 10.8 Å². The van der Waals surface area contributed by atoms with Crippen molar-refractivity contribution in [1.29, 1.82) is 0 Å². The smallest absolute Gasteiger partial charge is 0.382 e. The van der Waals surface area contributed by atoms with Crippen LogP contribution in [0.2, 0.25) is 13.1 Å². The lowest BCUT2D eigenvalue weighted by Crippen LogP contribution is -2.34. The Morgan fingerprint density at radius 3 is 1.73 bits per heavy atom. The lowest BCUT2D eigenvalue weighted by Gasteiger charge is -2.33. The Balaban J connectivity index is 3.66. The van der Waals surface area contributed by atoms with Gasteiger partial charge in [-0.2, -0.15) is 0 Å². The first kappa shape index (κ1) is 19.1. The van der Waals surface area contributed by atoms with Crippen LogP contribution in [-0.4, -0.2) is 13.6 Å². The third-order valence-electron chi connectivity index (χ3n) is 3.52. The number of isothiocyanates is 1. The molecule has 1 aromatic carbocycles. The van der Waals surface area contributed by atoms with E-state index < -0.39 is 8.48 Å². The number of hydrogen-bond donors (Lipinski definition) is 0. The van der Waals surface area contributed by atoms with Crippen LogP contribution in [0.1, 0.15) is 58.2 Å². The topological polar surface area (TPSA) is 21.6 Å². The number of rotatable bonds is 3. The molecule has 22 heavy (non-hydrogen) atoms. The molecule has 0 aromatic heterocycles. The van der Waals surface area contributed by atoms with Crippen molar-refractivity contribution in [3.63, 3.8) is 0 Å². The summed E-state index contributed by atoms with van der Waals surface area (Å²) >= 11 is 4.79. The average molecular weight is 336 g/mol. The summed E-state index contributed by atoms with van der Waals surface area (Å²) in [6, 6.07) is 4.46. The zero-order valence-corrected chi connectivity index (χ0v) is 17.2. The van der Waals surface area contributed by atoms with E-state index in [1.807, 2.05) is 13.1 Å². The third-order valence-corrected chi connectivity index (χ3v) is 5.12. The Morgan fingerprint density at radius 1 is 1.00 bits per heavy atom. The van der Waals surface area contributed by atoms with Gasteiger partial charge in [0.05, 0.1) is 5.16 Å². The van der Waals surface area contributed by atoms with Crippen molar-refractivity contribution in [3.05, 3.63) is 28.8 Å². The van der Waals surface area contributed by atoms with E-state index >= 15 is 0 Å². The second-order valence-corrected chi connectivity index (χ2v) is 11.9. The number of benzene rings is 1. The Bertz CT molecular complexity index is 567. The predicted octanol–water partition coefficient (Wildman–Crippen LogP) is 5.77. The normalized spacial score (nSPS) is 12.8. The van der Waals surface area contributed by atoms with E-state index in [0.29, 0.717) is 0 Å². The number of thiocarbonyl (C=S) groups is 1. The minimum atomic E-state index is -2.27.